The Kier molecular flexibility index (Phi) is 5.64. The van der Waals surface area contributed by atoms with Crippen LogP contribution in [0.1, 0.15) is 28.4 Å². The van der Waals surface area contributed by atoms with Crippen LogP contribution in [0.15, 0.2) is 54.6 Å². The SMILES string of the molecule is COc1ccc(C(=O)O[C@@H](C)C(=O)Nc2cc(C)ccc2C)c2ccccc12. The van der Waals surface area contributed by atoms with Gasteiger partial charge in [-0.15, -0.1) is 0 Å². The highest BCUT2D eigenvalue weighted by Gasteiger charge is 2.21. The summed E-state index contributed by atoms with van der Waals surface area (Å²) in [5.41, 5.74) is 3.08. The highest BCUT2D eigenvalue weighted by atomic mass is 16.5. The normalized spacial score (nSPS) is 11.7. The fraction of sp³-hybridized carbons (Fsp3) is 0.217. The monoisotopic (exact) mass is 377 g/mol. The molecule has 5 nitrogen and oxygen atoms in total. The Hall–Kier alpha value is -3.34. The van der Waals surface area contributed by atoms with Gasteiger partial charge >= 0.3 is 5.97 Å². The number of nitrogens with one attached hydrogen (secondary N) is 1. The van der Waals surface area contributed by atoms with Gasteiger partial charge in [0, 0.05) is 11.1 Å². The third kappa shape index (κ3) is 3.98. The molecule has 1 N–H and O–H groups in total. The van der Waals surface area contributed by atoms with Crippen LogP contribution in [0.25, 0.3) is 10.8 Å². The molecule has 3 rings (SSSR count). The van der Waals surface area contributed by atoms with Crippen molar-refractivity contribution in [3.63, 3.8) is 0 Å². The highest BCUT2D eigenvalue weighted by Crippen LogP contribution is 2.29. The summed E-state index contributed by atoms with van der Waals surface area (Å²) in [4.78, 5) is 25.2. The van der Waals surface area contributed by atoms with Crippen molar-refractivity contribution in [1.82, 2.24) is 0 Å². The molecule has 5 heteroatoms. The number of benzene rings is 3. The van der Waals surface area contributed by atoms with Crippen LogP contribution in [0, 0.1) is 13.8 Å². The molecule has 0 saturated carbocycles. The van der Waals surface area contributed by atoms with E-state index >= 15 is 0 Å². The first kappa shape index (κ1) is 19.4. The van der Waals surface area contributed by atoms with E-state index in [1.165, 1.54) is 0 Å². The van der Waals surface area contributed by atoms with Crippen LogP contribution >= 0.6 is 0 Å². The molecule has 0 fully saturated rings. The molecule has 0 bridgehead atoms. The fourth-order valence-corrected chi connectivity index (χ4v) is 3.01. The van der Waals surface area contributed by atoms with Gasteiger partial charge in [0.25, 0.3) is 5.91 Å². The van der Waals surface area contributed by atoms with Gasteiger partial charge in [0.2, 0.25) is 0 Å². The van der Waals surface area contributed by atoms with Crippen LogP contribution in [0.5, 0.6) is 5.75 Å². The van der Waals surface area contributed by atoms with E-state index in [4.69, 9.17) is 9.47 Å². The molecule has 0 radical (unpaired) electrons. The molecule has 0 aliphatic carbocycles. The van der Waals surface area contributed by atoms with E-state index in [-0.39, 0.29) is 5.91 Å². The number of aryl methyl sites for hydroxylation is 2. The number of esters is 1. The number of hydrogen-bond donors (Lipinski definition) is 1. The lowest BCUT2D eigenvalue weighted by atomic mass is 10.0. The molecule has 0 heterocycles. The predicted molar refractivity (Wildman–Crippen MR) is 110 cm³/mol. The van der Waals surface area contributed by atoms with Crippen LogP contribution in [0.4, 0.5) is 5.69 Å². The Morgan fingerprint density at radius 3 is 2.39 bits per heavy atom. The molecule has 1 atom stereocenters. The molecule has 3 aromatic rings. The number of ether oxygens (including phenoxy) is 2. The summed E-state index contributed by atoms with van der Waals surface area (Å²) < 4.78 is 10.8. The molecule has 144 valence electrons. The fourth-order valence-electron chi connectivity index (χ4n) is 3.01. The zero-order valence-electron chi connectivity index (χ0n) is 16.4. The van der Waals surface area contributed by atoms with Crippen LogP contribution in [0.3, 0.4) is 0 Å². The topological polar surface area (TPSA) is 64.6 Å². The summed E-state index contributed by atoms with van der Waals surface area (Å²) in [5, 5.41) is 4.36. The first-order chi connectivity index (χ1) is 13.4. The summed E-state index contributed by atoms with van der Waals surface area (Å²) in [7, 11) is 1.58. The minimum atomic E-state index is -0.937. The zero-order chi connectivity index (χ0) is 20.3. The lowest BCUT2D eigenvalue weighted by Gasteiger charge is -2.16. The van der Waals surface area contributed by atoms with Gasteiger partial charge in [-0.3, -0.25) is 4.79 Å². The molecular weight excluding hydrogens is 354 g/mol. The Bertz CT molecular complexity index is 1040. The minimum absolute atomic E-state index is 0.375. The Labute approximate surface area is 164 Å². The number of rotatable bonds is 5. The van der Waals surface area contributed by atoms with E-state index in [2.05, 4.69) is 5.32 Å². The maximum absolute atomic E-state index is 12.7. The molecule has 0 aliphatic heterocycles. The van der Waals surface area contributed by atoms with E-state index < -0.39 is 12.1 Å². The van der Waals surface area contributed by atoms with E-state index in [1.807, 2.05) is 56.3 Å². The van der Waals surface area contributed by atoms with Crippen molar-refractivity contribution < 1.29 is 19.1 Å². The largest absolute Gasteiger partial charge is 0.496 e. The number of hydrogen-bond acceptors (Lipinski definition) is 4. The molecule has 3 aromatic carbocycles. The van der Waals surface area contributed by atoms with Gasteiger partial charge in [-0.1, -0.05) is 36.4 Å². The summed E-state index contributed by atoms with van der Waals surface area (Å²) in [6.07, 6.45) is -0.937. The van der Waals surface area contributed by atoms with Crippen LogP contribution in [-0.2, 0) is 9.53 Å². The first-order valence-corrected chi connectivity index (χ1v) is 9.05. The second kappa shape index (κ2) is 8.13. The molecule has 0 spiro atoms. The number of fused-ring (bicyclic) bond motifs is 1. The van der Waals surface area contributed by atoms with Gasteiger partial charge in [0.15, 0.2) is 6.10 Å². The van der Waals surface area contributed by atoms with Crippen molar-refractivity contribution in [2.45, 2.75) is 26.9 Å². The van der Waals surface area contributed by atoms with Crippen molar-refractivity contribution >= 4 is 28.3 Å². The predicted octanol–water partition coefficient (Wildman–Crippen LogP) is 4.65. The van der Waals surface area contributed by atoms with Crippen molar-refractivity contribution in [3.8, 4) is 5.75 Å². The lowest BCUT2D eigenvalue weighted by molar-refractivity contribution is -0.123. The molecule has 1 amide bonds. The zero-order valence-corrected chi connectivity index (χ0v) is 16.4. The average molecular weight is 377 g/mol. The Morgan fingerprint density at radius 1 is 0.964 bits per heavy atom. The number of carbonyl (C=O) groups is 2. The third-order valence-electron chi connectivity index (χ3n) is 4.63. The summed E-state index contributed by atoms with van der Waals surface area (Å²) in [6, 6.07) is 16.6. The van der Waals surface area contributed by atoms with Crippen molar-refractivity contribution in [1.29, 1.82) is 0 Å². The number of methoxy groups -OCH3 is 1. The first-order valence-electron chi connectivity index (χ1n) is 9.05. The summed E-state index contributed by atoms with van der Waals surface area (Å²) >= 11 is 0. The molecule has 0 unspecified atom stereocenters. The van der Waals surface area contributed by atoms with Crippen molar-refractivity contribution in [2.24, 2.45) is 0 Å². The lowest BCUT2D eigenvalue weighted by Crippen LogP contribution is -2.30. The third-order valence-corrected chi connectivity index (χ3v) is 4.63. The van der Waals surface area contributed by atoms with Crippen LogP contribution in [0.2, 0.25) is 0 Å². The van der Waals surface area contributed by atoms with Crippen molar-refractivity contribution in [3.05, 3.63) is 71.3 Å². The number of amides is 1. The smallest absolute Gasteiger partial charge is 0.339 e. The van der Waals surface area contributed by atoms with Gasteiger partial charge in [-0.05, 0) is 55.5 Å². The van der Waals surface area contributed by atoms with Gasteiger partial charge < -0.3 is 14.8 Å². The van der Waals surface area contributed by atoms with Crippen molar-refractivity contribution in [2.75, 3.05) is 12.4 Å². The average Bonchev–Trinajstić information content (AvgIpc) is 2.69. The van der Waals surface area contributed by atoms with Gasteiger partial charge in [0.05, 0.1) is 12.7 Å². The quantitative estimate of drug-likeness (QED) is 0.658. The maximum atomic E-state index is 12.7. The van der Waals surface area contributed by atoms with E-state index in [9.17, 15) is 9.59 Å². The highest BCUT2D eigenvalue weighted by molar-refractivity contribution is 6.07. The standard InChI is InChI=1S/C23H23NO4/c1-14-9-10-15(2)20(13-14)24-22(25)16(3)28-23(26)19-11-12-21(27-4)18-8-6-5-7-17(18)19/h5-13,16H,1-4H3,(H,24,25)/t16-/m0/s1. The van der Waals surface area contributed by atoms with Crippen LogP contribution in [-0.4, -0.2) is 25.1 Å². The molecule has 0 aliphatic rings. The van der Waals surface area contributed by atoms with Gasteiger partial charge in [0.1, 0.15) is 5.75 Å². The summed E-state index contributed by atoms with van der Waals surface area (Å²) in [5.74, 6) is -0.254. The van der Waals surface area contributed by atoms with E-state index in [0.29, 0.717) is 22.4 Å². The molecule has 28 heavy (non-hydrogen) atoms. The number of anilines is 1. The second-order valence-corrected chi connectivity index (χ2v) is 6.72. The summed E-state index contributed by atoms with van der Waals surface area (Å²) in [6.45, 7) is 5.42. The second-order valence-electron chi connectivity index (χ2n) is 6.72. The van der Waals surface area contributed by atoms with Crippen LogP contribution < -0.4 is 10.1 Å². The Balaban J connectivity index is 1.78. The van der Waals surface area contributed by atoms with E-state index in [1.54, 1.807) is 26.2 Å². The minimum Gasteiger partial charge on any atom is -0.496 e. The molecular formula is C23H23NO4. The van der Waals surface area contributed by atoms with E-state index in [0.717, 1.165) is 16.5 Å². The molecule has 0 saturated heterocycles. The number of carbonyl (C=O) groups excluding carboxylic acids is 2. The molecule has 0 aromatic heterocycles. The van der Waals surface area contributed by atoms with Gasteiger partial charge in [-0.2, -0.15) is 0 Å². The van der Waals surface area contributed by atoms with Gasteiger partial charge in [-0.25, -0.2) is 4.79 Å². The maximum Gasteiger partial charge on any atom is 0.339 e. The Morgan fingerprint density at radius 2 is 1.68 bits per heavy atom.